The van der Waals surface area contributed by atoms with Crippen LogP contribution in [-0.2, 0) is 0 Å². The number of thiazole rings is 1. The molecule has 2 aromatic heterocycles. The number of carbonyl (C=O) groups excluding carboxylic acids is 1. The number of carbonyl (C=O) groups is 1. The van der Waals surface area contributed by atoms with Crippen LogP contribution in [0.5, 0.6) is 0 Å². The summed E-state index contributed by atoms with van der Waals surface area (Å²) in [5.74, 6) is 0.0353. The fraction of sp³-hybridized carbons (Fsp3) is 0.571. The number of hydrogen-bond acceptors (Lipinski definition) is 4. The largest absolute Gasteiger partial charge is 0.337 e. The molecule has 5 nitrogen and oxygen atoms in total. The average Bonchev–Trinajstić information content (AvgIpc) is 2.95. The van der Waals surface area contributed by atoms with Crippen LogP contribution in [0.1, 0.15) is 28.2 Å². The van der Waals surface area contributed by atoms with Gasteiger partial charge in [-0.3, -0.25) is 9.20 Å². The van der Waals surface area contributed by atoms with Gasteiger partial charge in [0.05, 0.1) is 0 Å². The van der Waals surface area contributed by atoms with Crippen molar-refractivity contribution >= 4 is 22.2 Å². The second-order valence-electron chi connectivity index (χ2n) is 5.61. The molecule has 0 N–H and O–H groups in total. The molecular weight excluding hydrogens is 272 g/mol. The Bertz CT molecular complexity index is 593. The Labute approximate surface area is 122 Å². The summed E-state index contributed by atoms with van der Waals surface area (Å²) in [6.45, 7) is 4.16. The fourth-order valence-corrected chi connectivity index (χ4v) is 3.55. The lowest BCUT2D eigenvalue weighted by atomic mass is 10.0. The number of amides is 1. The predicted molar refractivity (Wildman–Crippen MR) is 80.4 cm³/mol. The summed E-state index contributed by atoms with van der Waals surface area (Å²) >= 11 is 1.61. The monoisotopic (exact) mass is 292 g/mol. The summed E-state index contributed by atoms with van der Waals surface area (Å²) in [5.41, 5.74) is 0.553. The van der Waals surface area contributed by atoms with Crippen molar-refractivity contribution in [3.8, 4) is 0 Å². The third kappa shape index (κ3) is 2.45. The Kier molecular flexibility index (Phi) is 3.52. The van der Waals surface area contributed by atoms with E-state index in [1.807, 2.05) is 35.7 Å². The molecule has 1 aliphatic heterocycles. The van der Waals surface area contributed by atoms with Crippen LogP contribution in [0.3, 0.4) is 0 Å². The van der Waals surface area contributed by atoms with E-state index in [0.29, 0.717) is 11.7 Å². The van der Waals surface area contributed by atoms with Crippen molar-refractivity contribution < 1.29 is 4.79 Å². The lowest BCUT2D eigenvalue weighted by Gasteiger charge is -2.34. The highest BCUT2D eigenvalue weighted by atomic mass is 32.1. The zero-order chi connectivity index (χ0) is 14.3. The van der Waals surface area contributed by atoms with Gasteiger partial charge in [-0.1, -0.05) is 0 Å². The van der Waals surface area contributed by atoms with Gasteiger partial charge in [0, 0.05) is 30.4 Å². The number of imidazole rings is 1. The van der Waals surface area contributed by atoms with E-state index >= 15 is 0 Å². The Morgan fingerprint density at radius 3 is 2.75 bits per heavy atom. The molecule has 6 heteroatoms. The van der Waals surface area contributed by atoms with E-state index in [1.54, 1.807) is 11.3 Å². The smallest absolute Gasteiger partial charge is 0.274 e. The molecule has 1 aliphatic rings. The number of rotatable bonds is 2. The maximum atomic E-state index is 12.5. The second kappa shape index (κ2) is 5.18. The number of piperidine rings is 1. The summed E-state index contributed by atoms with van der Waals surface area (Å²) in [6, 6.07) is 0.333. The van der Waals surface area contributed by atoms with Gasteiger partial charge in [-0.25, -0.2) is 4.98 Å². The number of hydrogen-bond donors (Lipinski definition) is 0. The van der Waals surface area contributed by atoms with Crippen LogP contribution in [0.25, 0.3) is 4.96 Å². The SMILES string of the molecule is Cc1cn2cc(C(=O)N(C)C3CCN(C)CC3)nc2s1. The van der Waals surface area contributed by atoms with Crippen LogP contribution in [0, 0.1) is 6.92 Å². The molecule has 3 rings (SSSR count). The van der Waals surface area contributed by atoms with Gasteiger partial charge in [0.1, 0.15) is 5.69 Å². The van der Waals surface area contributed by atoms with E-state index in [2.05, 4.69) is 16.9 Å². The quantitative estimate of drug-likeness (QED) is 0.848. The highest BCUT2D eigenvalue weighted by Gasteiger charge is 2.26. The van der Waals surface area contributed by atoms with Gasteiger partial charge in [0.25, 0.3) is 5.91 Å². The number of likely N-dealkylation sites (tertiary alicyclic amines) is 1. The fourth-order valence-electron chi connectivity index (χ4n) is 2.74. The minimum atomic E-state index is 0.0353. The average molecular weight is 292 g/mol. The first-order valence-electron chi connectivity index (χ1n) is 6.95. The van der Waals surface area contributed by atoms with E-state index in [1.165, 1.54) is 4.88 Å². The molecule has 1 amide bonds. The van der Waals surface area contributed by atoms with E-state index in [-0.39, 0.29) is 5.91 Å². The van der Waals surface area contributed by atoms with Crippen LogP contribution >= 0.6 is 11.3 Å². The van der Waals surface area contributed by atoms with E-state index in [0.717, 1.165) is 30.9 Å². The Hall–Kier alpha value is -1.40. The molecule has 0 saturated carbocycles. The lowest BCUT2D eigenvalue weighted by molar-refractivity contribution is 0.0654. The van der Waals surface area contributed by atoms with Crippen molar-refractivity contribution in [2.24, 2.45) is 0 Å². The van der Waals surface area contributed by atoms with Crippen LogP contribution in [-0.4, -0.2) is 58.3 Å². The third-order valence-electron chi connectivity index (χ3n) is 4.05. The van der Waals surface area contributed by atoms with E-state index in [9.17, 15) is 4.79 Å². The standard InChI is InChI=1S/C14H20N4OS/c1-10-8-18-9-12(15-14(18)20-10)13(19)17(3)11-4-6-16(2)7-5-11/h8-9,11H,4-7H2,1-3H3. The Balaban J connectivity index is 1.75. The van der Waals surface area contributed by atoms with Crippen molar-refractivity contribution in [1.82, 2.24) is 19.2 Å². The molecule has 0 aromatic carbocycles. The van der Waals surface area contributed by atoms with Crippen molar-refractivity contribution in [2.75, 3.05) is 27.2 Å². The zero-order valence-corrected chi connectivity index (χ0v) is 13.0. The first-order valence-corrected chi connectivity index (χ1v) is 7.77. The zero-order valence-electron chi connectivity index (χ0n) is 12.2. The molecule has 0 spiro atoms. The van der Waals surface area contributed by atoms with Gasteiger partial charge < -0.3 is 9.80 Å². The van der Waals surface area contributed by atoms with Crippen molar-refractivity contribution in [2.45, 2.75) is 25.8 Å². The summed E-state index contributed by atoms with van der Waals surface area (Å²) in [5, 5.41) is 0. The number of fused-ring (bicyclic) bond motifs is 1. The molecule has 108 valence electrons. The molecule has 20 heavy (non-hydrogen) atoms. The van der Waals surface area contributed by atoms with Gasteiger partial charge in [0.2, 0.25) is 0 Å². The van der Waals surface area contributed by atoms with Gasteiger partial charge in [-0.05, 0) is 39.9 Å². The van der Waals surface area contributed by atoms with Gasteiger partial charge in [-0.2, -0.15) is 0 Å². The second-order valence-corrected chi connectivity index (χ2v) is 6.82. The summed E-state index contributed by atoms with van der Waals surface area (Å²) < 4.78 is 1.94. The molecule has 1 saturated heterocycles. The summed E-state index contributed by atoms with van der Waals surface area (Å²) in [7, 11) is 4.03. The summed E-state index contributed by atoms with van der Waals surface area (Å²) in [6.07, 6.45) is 5.94. The Morgan fingerprint density at radius 2 is 2.10 bits per heavy atom. The van der Waals surface area contributed by atoms with Crippen LogP contribution in [0.15, 0.2) is 12.4 Å². The van der Waals surface area contributed by atoms with E-state index < -0.39 is 0 Å². The van der Waals surface area contributed by atoms with Crippen LogP contribution in [0.4, 0.5) is 0 Å². The highest BCUT2D eigenvalue weighted by molar-refractivity contribution is 7.17. The Morgan fingerprint density at radius 1 is 1.40 bits per heavy atom. The third-order valence-corrected chi connectivity index (χ3v) is 4.96. The first-order chi connectivity index (χ1) is 9.54. The number of aryl methyl sites for hydroxylation is 1. The van der Waals surface area contributed by atoms with Gasteiger partial charge in [-0.15, -0.1) is 11.3 Å². The van der Waals surface area contributed by atoms with Gasteiger partial charge >= 0.3 is 0 Å². The number of nitrogens with zero attached hydrogens (tertiary/aromatic N) is 4. The summed E-state index contributed by atoms with van der Waals surface area (Å²) in [4.78, 5) is 23.2. The van der Waals surface area contributed by atoms with E-state index in [4.69, 9.17) is 0 Å². The molecular formula is C14H20N4OS. The van der Waals surface area contributed by atoms with Crippen molar-refractivity contribution in [3.05, 3.63) is 23.0 Å². The molecule has 1 fully saturated rings. The van der Waals surface area contributed by atoms with Crippen molar-refractivity contribution in [1.29, 1.82) is 0 Å². The normalized spacial score (nSPS) is 17.8. The maximum absolute atomic E-state index is 12.5. The molecule has 0 radical (unpaired) electrons. The molecule has 3 heterocycles. The topological polar surface area (TPSA) is 40.9 Å². The molecule has 2 aromatic rings. The highest BCUT2D eigenvalue weighted by Crippen LogP contribution is 2.20. The minimum absolute atomic E-state index is 0.0353. The van der Waals surface area contributed by atoms with Crippen LogP contribution < -0.4 is 0 Å². The number of aromatic nitrogens is 2. The minimum Gasteiger partial charge on any atom is -0.337 e. The molecule has 0 unspecified atom stereocenters. The molecule has 0 bridgehead atoms. The predicted octanol–water partition coefficient (Wildman–Crippen LogP) is 1.87. The first kappa shape index (κ1) is 13.6. The van der Waals surface area contributed by atoms with Crippen LogP contribution in [0.2, 0.25) is 0 Å². The molecule has 0 atom stereocenters. The van der Waals surface area contributed by atoms with Gasteiger partial charge in [0.15, 0.2) is 4.96 Å². The maximum Gasteiger partial charge on any atom is 0.274 e. The molecule has 0 aliphatic carbocycles. The van der Waals surface area contributed by atoms with Crippen molar-refractivity contribution in [3.63, 3.8) is 0 Å². The lowest BCUT2D eigenvalue weighted by Crippen LogP contribution is -2.44.